The van der Waals surface area contributed by atoms with Crippen molar-refractivity contribution in [1.82, 2.24) is 5.32 Å². The highest BCUT2D eigenvalue weighted by molar-refractivity contribution is 5.78. The first-order valence-electron chi connectivity index (χ1n) is 6.08. The van der Waals surface area contributed by atoms with E-state index >= 15 is 0 Å². The molecule has 3 N–H and O–H groups in total. The fourth-order valence-corrected chi connectivity index (χ4v) is 2.38. The highest BCUT2D eigenvalue weighted by Gasteiger charge is 2.35. The Morgan fingerprint density at radius 3 is 2.53 bits per heavy atom. The molecule has 0 radical (unpaired) electrons. The number of esters is 1. The zero-order valence-electron chi connectivity index (χ0n) is 10.7. The Kier molecular flexibility index (Phi) is 4.91. The van der Waals surface area contributed by atoms with Crippen LogP contribution in [0.5, 0.6) is 0 Å². The Hall–Kier alpha value is -0.650. The van der Waals surface area contributed by atoms with E-state index in [-0.39, 0.29) is 18.6 Å². The van der Waals surface area contributed by atoms with Crippen LogP contribution in [0.4, 0.5) is 0 Å². The number of carbonyl (C=O) groups is 1. The van der Waals surface area contributed by atoms with Gasteiger partial charge in [-0.25, -0.2) is 4.79 Å². The van der Waals surface area contributed by atoms with Crippen molar-refractivity contribution in [1.29, 1.82) is 0 Å². The number of nitrogens with one attached hydrogen (secondary N) is 1. The largest absolute Gasteiger partial charge is 0.467 e. The van der Waals surface area contributed by atoms with E-state index in [2.05, 4.69) is 10.1 Å². The van der Waals surface area contributed by atoms with Gasteiger partial charge in [-0.15, -0.1) is 0 Å². The Morgan fingerprint density at radius 1 is 1.47 bits per heavy atom. The lowest BCUT2D eigenvalue weighted by molar-refractivity contribution is -0.160. The van der Waals surface area contributed by atoms with Gasteiger partial charge in [0.1, 0.15) is 0 Å². The summed E-state index contributed by atoms with van der Waals surface area (Å²) in [5.74, 6) is -0.644. The molecule has 5 heteroatoms. The number of rotatable bonds is 6. The van der Waals surface area contributed by atoms with Crippen LogP contribution in [0.2, 0.25) is 0 Å². The predicted octanol–water partition coefficient (Wildman–Crippen LogP) is 0.0527. The lowest BCUT2D eigenvalue weighted by Gasteiger charge is -2.29. The zero-order valence-corrected chi connectivity index (χ0v) is 10.7. The summed E-state index contributed by atoms with van der Waals surface area (Å²) in [6, 6.07) is 0. The number of ether oxygens (including phenoxy) is 1. The van der Waals surface area contributed by atoms with Gasteiger partial charge in [0.05, 0.1) is 7.11 Å². The second kappa shape index (κ2) is 5.80. The minimum absolute atomic E-state index is 0.0772. The van der Waals surface area contributed by atoms with E-state index in [9.17, 15) is 15.0 Å². The van der Waals surface area contributed by atoms with Crippen molar-refractivity contribution in [2.24, 2.45) is 5.41 Å². The molecule has 1 saturated carbocycles. The molecule has 1 atom stereocenters. The highest BCUT2D eigenvalue weighted by Crippen LogP contribution is 2.36. The van der Waals surface area contributed by atoms with Gasteiger partial charge < -0.3 is 20.3 Å². The summed E-state index contributed by atoms with van der Waals surface area (Å²) < 4.78 is 4.51. The summed E-state index contributed by atoms with van der Waals surface area (Å²) in [5, 5.41) is 22.3. The van der Waals surface area contributed by atoms with E-state index in [0.717, 1.165) is 25.7 Å². The van der Waals surface area contributed by atoms with E-state index in [1.165, 1.54) is 14.0 Å². The summed E-state index contributed by atoms with van der Waals surface area (Å²) >= 11 is 0. The van der Waals surface area contributed by atoms with Gasteiger partial charge in [-0.3, -0.25) is 0 Å². The van der Waals surface area contributed by atoms with Gasteiger partial charge in [0.25, 0.3) is 0 Å². The molecule has 0 spiro atoms. The molecular weight excluding hydrogens is 222 g/mol. The normalized spacial score (nSPS) is 22.1. The van der Waals surface area contributed by atoms with Gasteiger partial charge >= 0.3 is 5.97 Å². The lowest BCUT2D eigenvalue weighted by atomic mass is 9.87. The first-order chi connectivity index (χ1) is 7.96. The second-order valence-corrected chi connectivity index (χ2v) is 5.23. The molecule has 0 aromatic rings. The van der Waals surface area contributed by atoms with Crippen LogP contribution in [0, 0.1) is 5.41 Å². The number of aliphatic hydroxyl groups is 2. The summed E-state index contributed by atoms with van der Waals surface area (Å²) in [6.45, 7) is 2.34. The molecule has 1 aliphatic carbocycles. The quantitative estimate of drug-likeness (QED) is 0.576. The topological polar surface area (TPSA) is 78.8 Å². The molecule has 5 nitrogen and oxygen atoms in total. The molecule has 0 bridgehead atoms. The molecule has 0 aromatic heterocycles. The molecular formula is C12H23NO4. The van der Waals surface area contributed by atoms with Gasteiger partial charge in [0.15, 0.2) is 5.60 Å². The van der Waals surface area contributed by atoms with E-state index in [1.54, 1.807) is 0 Å². The average Bonchev–Trinajstić information content (AvgIpc) is 2.77. The SMILES string of the molecule is COC(=O)C(C)(O)CNCC1(CO)CCCC1. The van der Waals surface area contributed by atoms with E-state index in [1.807, 2.05) is 0 Å². The Morgan fingerprint density at radius 2 is 2.06 bits per heavy atom. The van der Waals surface area contributed by atoms with Crippen molar-refractivity contribution in [3.05, 3.63) is 0 Å². The predicted molar refractivity (Wildman–Crippen MR) is 63.5 cm³/mol. The van der Waals surface area contributed by atoms with Crippen molar-refractivity contribution >= 4 is 5.97 Å². The third-order valence-electron chi connectivity index (χ3n) is 3.59. The summed E-state index contributed by atoms with van der Waals surface area (Å²) in [6.07, 6.45) is 4.26. The van der Waals surface area contributed by atoms with E-state index in [0.29, 0.717) is 6.54 Å². The lowest BCUT2D eigenvalue weighted by Crippen LogP contribution is -2.48. The molecule has 1 fully saturated rings. The number of carbonyl (C=O) groups excluding carboxylic acids is 1. The Balaban J connectivity index is 2.38. The van der Waals surface area contributed by atoms with Crippen molar-refractivity contribution in [3.8, 4) is 0 Å². The van der Waals surface area contributed by atoms with Crippen molar-refractivity contribution in [3.63, 3.8) is 0 Å². The molecule has 1 unspecified atom stereocenters. The molecule has 1 aliphatic rings. The third kappa shape index (κ3) is 3.66. The molecule has 100 valence electrons. The fraction of sp³-hybridized carbons (Fsp3) is 0.917. The number of hydrogen-bond acceptors (Lipinski definition) is 5. The molecule has 17 heavy (non-hydrogen) atoms. The standard InChI is InChI=1S/C12H23NO4/c1-11(16,10(15)17-2)7-13-8-12(9-14)5-3-4-6-12/h13-14,16H,3-9H2,1-2H3. The van der Waals surface area contributed by atoms with Crippen LogP contribution < -0.4 is 5.32 Å². The van der Waals surface area contributed by atoms with Crippen LogP contribution in [0.3, 0.4) is 0 Å². The van der Waals surface area contributed by atoms with Gasteiger partial charge in [-0.05, 0) is 19.8 Å². The third-order valence-corrected chi connectivity index (χ3v) is 3.59. The highest BCUT2D eigenvalue weighted by atomic mass is 16.5. The van der Waals surface area contributed by atoms with Crippen LogP contribution >= 0.6 is 0 Å². The molecule has 0 saturated heterocycles. The summed E-state index contributed by atoms with van der Waals surface area (Å²) in [7, 11) is 1.25. The maximum absolute atomic E-state index is 11.2. The van der Waals surface area contributed by atoms with Gasteiger partial charge in [0.2, 0.25) is 0 Å². The van der Waals surface area contributed by atoms with Crippen LogP contribution in [0.1, 0.15) is 32.6 Å². The maximum atomic E-state index is 11.2. The Bertz CT molecular complexity index is 259. The van der Waals surface area contributed by atoms with Crippen molar-refractivity contribution in [2.45, 2.75) is 38.2 Å². The monoisotopic (exact) mass is 245 g/mol. The number of methoxy groups -OCH3 is 1. The van der Waals surface area contributed by atoms with Crippen molar-refractivity contribution in [2.75, 3.05) is 26.8 Å². The van der Waals surface area contributed by atoms with Gasteiger partial charge in [0, 0.05) is 25.1 Å². The maximum Gasteiger partial charge on any atom is 0.338 e. The number of hydrogen-bond donors (Lipinski definition) is 3. The molecule has 0 amide bonds. The molecule has 1 rings (SSSR count). The average molecular weight is 245 g/mol. The molecule has 0 aromatic carbocycles. The van der Waals surface area contributed by atoms with Crippen molar-refractivity contribution < 1.29 is 19.7 Å². The molecule has 0 aliphatic heterocycles. The van der Waals surface area contributed by atoms with E-state index < -0.39 is 11.6 Å². The second-order valence-electron chi connectivity index (χ2n) is 5.23. The van der Waals surface area contributed by atoms with Crippen LogP contribution in [-0.2, 0) is 9.53 Å². The van der Waals surface area contributed by atoms with Gasteiger partial charge in [-0.1, -0.05) is 12.8 Å². The zero-order chi connectivity index (χ0) is 12.9. The fourth-order valence-electron chi connectivity index (χ4n) is 2.38. The summed E-state index contributed by atoms with van der Waals surface area (Å²) in [4.78, 5) is 11.2. The first kappa shape index (κ1) is 14.4. The Labute approximate surface area is 102 Å². The number of aliphatic hydroxyl groups excluding tert-OH is 1. The van der Waals surface area contributed by atoms with Crippen LogP contribution in [-0.4, -0.2) is 48.6 Å². The van der Waals surface area contributed by atoms with E-state index in [4.69, 9.17) is 0 Å². The smallest absolute Gasteiger partial charge is 0.338 e. The summed E-state index contributed by atoms with van der Waals surface area (Å²) in [5.41, 5.74) is -1.59. The van der Waals surface area contributed by atoms with Gasteiger partial charge in [-0.2, -0.15) is 0 Å². The molecule has 0 heterocycles. The first-order valence-corrected chi connectivity index (χ1v) is 6.08. The minimum atomic E-state index is -1.51. The minimum Gasteiger partial charge on any atom is -0.467 e. The van der Waals surface area contributed by atoms with Crippen LogP contribution in [0.25, 0.3) is 0 Å². The van der Waals surface area contributed by atoms with Crippen LogP contribution in [0.15, 0.2) is 0 Å².